The van der Waals surface area contributed by atoms with Crippen LogP contribution in [0.5, 0.6) is 0 Å². The molecule has 1 aromatic rings. The Kier molecular flexibility index (Phi) is 5.25. The summed E-state index contributed by atoms with van der Waals surface area (Å²) in [6, 6.07) is 7.56. The normalized spacial score (nSPS) is 18.3. The topological polar surface area (TPSA) is 44.4 Å². The first-order valence-corrected chi connectivity index (χ1v) is 7.81. The third-order valence-electron chi connectivity index (χ3n) is 4.16. The highest BCUT2D eigenvalue weighted by Crippen LogP contribution is 2.20. The minimum Gasteiger partial charge on any atom is -0.348 e. The molecule has 0 spiro atoms. The smallest absolute Gasteiger partial charge is 0.240 e. The number of nitrogens with one attached hydrogen (secondary N) is 2. The molecule has 1 fully saturated rings. The van der Waals surface area contributed by atoms with Crippen LogP contribution in [0, 0.1) is 0 Å². The lowest BCUT2D eigenvalue weighted by Crippen LogP contribution is -2.60. The number of amides is 1. The minimum absolute atomic E-state index is 0.0527. The van der Waals surface area contributed by atoms with Crippen molar-refractivity contribution in [3.8, 4) is 0 Å². The van der Waals surface area contributed by atoms with Crippen LogP contribution in [-0.2, 0) is 4.79 Å². The van der Waals surface area contributed by atoms with E-state index >= 15 is 0 Å². The maximum absolute atomic E-state index is 12.6. The average Bonchev–Trinajstić information content (AvgIpc) is 2.48. The third-order valence-corrected chi connectivity index (χ3v) is 4.39. The van der Waals surface area contributed by atoms with Crippen LogP contribution in [0.4, 0.5) is 0 Å². The summed E-state index contributed by atoms with van der Waals surface area (Å²) in [4.78, 5) is 14.9. The van der Waals surface area contributed by atoms with E-state index in [9.17, 15) is 4.79 Å². The van der Waals surface area contributed by atoms with Gasteiger partial charge >= 0.3 is 0 Å². The zero-order valence-electron chi connectivity index (χ0n) is 12.9. The summed E-state index contributed by atoms with van der Waals surface area (Å²) in [6.45, 7) is 9.60. The number of piperazine rings is 1. The molecule has 0 aliphatic carbocycles. The Morgan fingerprint density at radius 2 is 2.05 bits per heavy atom. The van der Waals surface area contributed by atoms with E-state index < -0.39 is 5.54 Å². The van der Waals surface area contributed by atoms with Gasteiger partial charge in [-0.05, 0) is 38.5 Å². The lowest BCUT2D eigenvalue weighted by atomic mass is 9.99. The lowest BCUT2D eigenvalue weighted by Gasteiger charge is -2.40. The van der Waals surface area contributed by atoms with E-state index in [4.69, 9.17) is 11.6 Å². The summed E-state index contributed by atoms with van der Waals surface area (Å²) < 4.78 is 0. The molecule has 2 N–H and O–H groups in total. The van der Waals surface area contributed by atoms with E-state index in [0.717, 1.165) is 31.7 Å². The van der Waals surface area contributed by atoms with Gasteiger partial charge in [0.25, 0.3) is 0 Å². The molecule has 1 heterocycles. The van der Waals surface area contributed by atoms with E-state index in [1.165, 1.54) is 0 Å². The number of benzene rings is 1. The van der Waals surface area contributed by atoms with Gasteiger partial charge < -0.3 is 10.6 Å². The SMILES string of the molecule is C[C@@H](NC(=O)C(C)(C)N1CCNCC1)c1cccc(Cl)c1. The van der Waals surface area contributed by atoms with E-state index in [0.29, 0.717) is 5.02 Å². The Balaban J connectivity index is 2.02. The van der Waals surface area contributed by atoms with Gasteiger partial charge in [0.15, 0.2) is 0 Å². The predicted molar refractivity (Wildman–Crippen MR) is 86.5 cm³/mol. The number of halogens is 1. The molecule has 2 rings (SSSR count). The number of rotatable bonds is 4. The fraction of sp³-hybridized carbons (Fsp3) is 0.562. The highest BCUT2D eigenvalue weighted by atomic mass is 35.5. The van der Waals surface area contributed by atoms with E-state index in [1.807, 2.05) is 45.0 Å². The van der Waals surface area contributed by atoms with Gasteiger partial charge in [0.2, 0.25) is 5.91 Å². The zero-order valence-corrected chi connectivity index (χ0v) is 13.7. The second-order valence-electron chi connectivity index (χ2n) is 6.05. The van der Waals surface area contributed by atoms with Crippen LogP contribution in [0.1, 0.15) is 32.4 Å². The van der Waals surface area contributed by atoms with Crippen molar-refractivity contribution < 1.29 is 4.79 Å². The number of carbonyl (C=O) groups is 1. The number of carbonyl (C=O) groups excluding carboxylic acids is 1. The van der Waals surface area contributed by atoms with Gasteiger partial charge in [0.05, 0.1) is 11.6 Å². The van der Waals surface area contributed by atoms with Crippen molar-refractivity contribution >= 4 is 17.5 Å². The second-order valence-corrected chi connectivity index (χ2v) is 6.48. The van der Waals surface area contributed by atoms with Crippen molar-refractivity contribution in [2.24, 2.45) is 0 Å². The minimum atomic E-state index is -0.505. The number of nitrogens with zero attached hydrogens (tertiary/aromatic N) is 1. The van der Waals surface area contributed by atoms with Crippen LogP contribution in [0.3, 0.4) is 0 Å². The van der Waals surface area contributed by atoms with Gasteiger partial charge in [0.1, 0.15) is 0 Å². The molecule has 0 unspecified atom stereocenters. The summed E-state index contributed by atoms with van der Waals surface area (Å²) in [7, 11) is 0. The molecule has 0 radical (unpaired) electrons. The highest BCUT2D eigenvalue weighted by molar-refractivity contribution is 6.30. The molecule has 1 aromatic carbocycles. The fourth-order valence-corrected chi connectivity index (χ4v) is 2.80. The van der Waals surface area contributed by atoms with Crippen LogP contribution < -0.4 is 10.6 Å². The second kappa shape index (κ2) is 6.77. The Morgan fingerprint density at radius 3 is 2.67 bits per heavy atom. The maximum atomic E-state index is 12.6. The first kappa shape index (κ1) is 16.3. The molecule has 0 bridgehead atoms. The molecule has 1 atom stereocenters. The standard InChI is InChI=1S/C16H24ClN3O/c1-12(13-5-4-6-14(17)11-13)19-15(21)16(2,3)20-9-7-18-8-10-20/h4-6,11-12,18H,7-10H2,1-3H3,(H,19,21)/t12-/m1/s1. The van der Waals surface area contributed by atoms with Crippen LogP contribution in [-0.4, -0.2) is 42.5 Å². The average molecular weight is 310 g/mol. The van der Waals surface area contributed by atoms with E-state index in [2.05, 4.69) is 15.5 Å². The van der Waals surface area contributed by atoms with Gasteiger partial charge in [0, 0.05) is 31.2 Å². The van der Waals surface area contributed by atoms with Crippen LogP contribution in [0.2, 0.25) is 5.02 Å². The van der Waals surface area contributed by atoms with Crippen LogP contribution in [0.15, 0.2) is 24.3 Å². The largest absolute Gasteiger partial charge is 0.348 e. The molecule has 1 amide bonds. The Hall–Kier alpha value is -1.10. The third kappa shape index (κ3) is 3.96. The van der Waals surface area contributed by atoms with Crippen molar-refractivity contribution in [3.63, 3.8) is 0 Å². The maximum Gasteiger partial charge on any atom is 0.240 e. The van der Waals surface area contributed by atoms with Crippen molar-refractivity contribution in [3.05, 3.63) is 34.9 Å². The number of hydrogen-bond donors (Lipinski definition) is 2. The molecule has 1 aliphatic heterocycles. The predicted octanol–water partition coefficient (Wildman–Crippen LogP) is 2.20. The van der Waals surface area contributed by atoms with Gasteiger partial charge in [-0.25, -0.2) is 0 Å². The molecule has 116 valence electrons. The van der Waals surface area contributed by atoms with E-state index in [1.54, 1.807) is 0 Å². The van der Waals surface area contributed by atoms with Crippen molar-refractivity contribution in [1.29, 1.82) is 0 Å². The van der Waals surface area contributed by atoms with E-state index in [-0.39, 0.29) is 11.9 Å². The molecule has 1 saturated heterocycles. The molecule has 4 nitrogen and oxygen atoms in total. The van der Waals surface area contributed by atoms with Gasteiger partial charge in [-0.2, -0.15) is 0 Å². The Labute approximate surface area is 131 Å². The summed E-state index contributed by atoms with van der Waals surface area (Å²) >= 11 is 6.01. The highest BCUT2D eigenvalue weighted by Gasteiger charge is 2.35. The fourth-order valence-electron chi connectivity index (χ4n) is 2.60. The summed E-state index contributed by atoms with van der Waals surface area (Å²) in [5, 5.41) is 7.10. The van der Waals surface area contributed by atoms with Crippen molar-refractivity contribution in [2.45, 2.75) is 32.4 Å². The molecular formula is C16H24ClN3O. The molecule has 21 heavy (non-hydrogen) atoms. The monoisotopic (exact) mass is 309 g/mol. The number of hydrogen-bond acceptors (Lipinski definition) is 3. The summed E-state index contributed by atoms with van der Waals surface area (Å²) in [5.74, 6) is 0.0527. The lowest BCUT2D eigenvalue weighted by molar-refractivity contribution is -0.132. The first-order chi connectivity index (χ1) is 9.91. The zero-order chi connectivity index (χ0) is 15.5. The summed E-state index contributed by atoms with van der Waals surface area (Å²) in [5.41, 5.74) is 0.515. The van der Waals surface area contributed by atoms with Crippen molar-refractivity contribution in [1.82, 2.24) is 15.5 Å². The Morgan fingerprint density at radius 1 is 1.38 bits per heavy atom. The Bertz CT molecular complexity index is 498. The van der Waals surface area contributed by atoms with Gasteiger partial charge in [-0.15, -0.1) is 0 Å². The molecule has 0 aromatic heterocycles. The van der Waals surface area contributed by atoms with Gasteiger partial charge in [-0.3, -0.25) is 9.69 Å². The molecule has 0 saturated carbocycles. The molecular weight excluding hydrogens is 286 g/mol. The summed E-state index contributed by atoms with van der Waals surface area (Å²) in [6.07, 6.45) is 0. The van der Waals surface area contributed by atoms with Crippen LogP contribution >= 0.6 is 11.6 Å². The van der Waals surface area contributed by atoms with Crippen LogP contribution in [0.25, 0.3) is 0 Å². The van der Waals surface area contributed by atoms with Gasteiger partial charge in [-0.1, -0.05) is 23.7 Å². The molecule has 5 heteroatoms. The molecule has 1 aliphatic rings. The van der Waals surface area contributed by atoms with Crippen molar-refractivity contribution in [2.75, 3.05) is 26.2 Å². The quantitative estimate of drug-likeness (QED) is 0.896. The first-order valence-electron chi connectivity index (χ1n) is 7.43.